The van der Waals surface area contributed by atoms with Crippen LogP contribution in [-0.2, 0) is 28.6 Å². The van der Waals surface area contributed by atoms with Crippen LogP contribution in [0.3, 0.4) is 0 Å². The Morgan fingerprint density at radius 1 is 0.284 bits per heavy atom. The predicted molar refractivity (Wildman–Crippen MR) is 321 cm³/mol. The molecule has 74 heavy (non-hydrogen) atoms. The van der Waals surface area contributed by atoms with E-state index in [-0.39, 0.29) is 31.1 Å². The van der Waals surface area contributed by atoms with Crippen LogP contribution >= 0.6 is 0 Å². The number of allylic oxidation sites excluding steroid dienone is 10. The molecule has 0 aliphatic rings. The van der Waals surface area contributed by atoms with Gasteiger partial charge in [-0.2, -0.15) is 0 Å². The van der Waals surface area contributed by atoms with Crippen molar-refractivity contribution in [3.63, 3.8) is 0 Å². The highest BCUT2D eigenvalue weighted by atomic mass is 16.6. The second kappa shape index (κ2) is 62.6. The lowest BCUT2D eigenvalue weighted by molar-refractivity contribution is -0.167. The van der Waals surface area contributed by atoms with Gasteiger partial charge in [-0.15, -0.1) is 0 Å². The SMILES string of the molecule is CC/C=C\C/C=C\C/C=C\C/C=C\CCCCCCCCCCCCCCCCCCC(=O)OCC(COC(=O)CCCCCCC/C=C\CCCC)OC(=O)CCCCCCCCCCCCCCCCCC. The molecule has 430 valence electrons. The minimum absolute atomic E-state index is 0.0720. The van der Waals surface area contributed by atoms with Gasteiger partial charge >= 0.3 is 17.9 Å². The van der Waals surface area contributed by atoms with Gasteiger partial charge in [-0.05, 0) is 77.0 Å². The molecule has 0 aromatic rings. The molecule has 0 aromatic carbocycles. The summed E-state index contributed by atoms with van der Waals surface area (Å²) in [5.74, 6) is -0.863. The van der Waals surface area contributed by atoms with Crippen LogP contribution in [0.1, 0.15) is 335 Å². The number of carbonyl (C=O) groups excluding carboxylic acids is 3. The standard InChI is InChI=1S/C68H122O6/c1-4-7-10-13-16-19-22-24-26-28-29-30-31-32-33-34-35-36-37-38-39-40-42-43-46-49-52-55-58-61-67(70)73-64-65(63-72-66(69)60-57-54-51-48-45-21-18-15-12-9-6-3)74-68(71)62-59-56-53-50-47-44-41-27-25-23-20-17-14-11-8-5-2/h7,10,15-16,18-19,24,26,29-30,65H,4-6,8-9,11-14,17,20-23,25,27-28,31-64H2,1-3H3/b10-7-,18-15-,19-16-,26-24-,30-29-. The van der Waals surface area contributed by atoms with Gasteiger partial charge in [-0.25, -0.2) is 0 Å². The molecule has 0 heterocycles. The van der Waals surface area contributed by atoms with Gasteiger partial charge in [-0.3, -0.25) is 14.4 Å². The van der Waals surface area contributed by atoms with Crippen molar-refractivity contribution in [1.82, 2.24) is 0 Å². The Labute approximate surface area is 460 Å². The molecule has 0 bridgehead atoms. The van der Waals surface area contributed by atoms with Gasteiger partial charge in [0.15, 0.2) is 6.10 Å². The first-order valence-electron chi connectivity index (χ1n) is 32.3. The lowest BCUT2D eigenvalue weighted by atomic mass is 10.0. The minimum atomic E-state index is -0.774. The number of unbranched alkanes of at least 4 members (excludes halogenated alkanes) is 38. The van der Waals surface area contributed by atoms with Crippen molar-refractivity contribution in [3.05, 3.63) is 60.8 Å². The maximum Gasteiger partial charge on any atom is 0.306 e. The van der Waals surface area contributed by atoms with Crippen LogP contribution in [0.2, 0.25) is 0 Å². The molecule has 0 saturated heterocycles. The second-order valence-electron chi connectivity index (χ2n) is 21.6. The molecule has 0 fully saturated rings. The molecule has 1 atom stereocenters. The summed E-state index contributed by atoms with van der Waals surface area (Å²) in [6.45, 7) is 6.53. The first-order valence-corrected chi connectivity index (χ1v) is 32.3. The highest BCUT2D eigenvalue weighted by Crippen LogP contribution is 2.17. The molecule has 0 spiro atoms. The molecule has 0 aromatic heterocycles. The molecule has 0 amide bonds. The quantitative estimate of drug-likeness (QED) is 0.0261. The number of carbonyl (C=O) groups is 3. The molecule has 6 nitrogen and oxygen atoms in total. The van der Waals surface area contributed by atoms with E-state index in [1.807, 2.05) is 0 Å². The van der Waals surface area contributed by atoms with Gasteiger partial charge in [0, 0.05) is 19.3 Å². The van der Waals surface area contributed by atoms with Crippen LogP contribution in [-0.4, -0.2) is 37.2 Å². The monoisotopic (exact) mass is 1030 g/mol. The molecular weight excluding hydrogens is 913 g/mol. The van der Waals surface area contributed by atoms with Crippen molar-refractivity contribution in [2.24, 2.45) is 0 Å². The predicted octanol–water partition coefficient (Wildman–Crippen LogP) is 21.9. The Morgan fingerprint density at radius 3 is 0.878 bits per heavy atom. The Balaban J connectivity index is 4.15. The molecule has 0 rings (SSSR count). The largest absolute Gasteiger partial charge is 0.462 e. The third-order valence-electron chi connectivity index (χ3n) is 14.3. The van der Waals surface area contributed by atoms with E-state index in [4.69, 9.17) is 14.2 Å². The van der Waals surface area contributed by atoms with E-state index in [0.29, 0.717) is 19.3 Å². The number of rotatable bonds is 59. The zero-order chi connectivity index (χ0) is 53.6. The number of esters is 3. The normalized spacial score (nSPS) is 12.4. The van der Waals surface area contributed by atoms with Gasteiger partial charge in [-0.1, -0.05) is 300 Å². The third-order valence-corrected chi connectivity index (χ3v) is 14.3. The summed E-state index contributed by atoms with van der Waals surface area (Å²) >= 11 is 0. The van der Waals surface area contributed by atoms with Gasteiger partial charge in [0.25, 0.3) is 0 Å². The maximum absolute atomic E-state index is 12.9. The molecule has 0 radical (unpaired) electrons. The van der Waals surface area contributed by atoms with E-state index in [1.54, 1.807) is 0 Å². The Morgan fingerprint density at radius 2 is 0.541 bits per heavy atom. The number of hydrogen-bond acceptors (Lipinski definition) is 6. The van der Waals surface area contributed by atoms with Gasteiger partial charge < -0.3 is 14.2 Å². The van der Waals surface area contributed by atoms with Crippen molar-refractivity contribution in [2.75, 3.05) is 13.2 Å². The summed E-state index contributed by atoms with van der Waals surface area (Å²) in [6, 6.07) is 0. The van der Waals surface area contributed by atoms with E-state index in [1.165, 1.54) is 205 Å². The van der Waals surface area contributed by atoms with Crippen LogP contribution in [0.25, 0.3) is 0 Å². The Kier molecular flexibility index (Phi) is 60.2. The smallest absolute Gasteiger partial charge is 0.306 e. The first kappa shape index (κ1) is 71.1. The Hall–Kier alpha value is -2.89. The molecule has 0 saturated carbocycles. The topological polar surface area (TPSA) is 78.9 Å². The zero-order valence-corrected chi connectivity index (χ0v) is 49.4. The van der Waals surface area contributed by atoms with Crippen molar-refractivity contribution in [3.8, 4) is 0 Å². The average Bonchev–Trinajstić information content (AvgIpc) is 3.40. The van der Waals surface area contributed by atoms with Crippen LogP contribution in [0.15, 0.2) is 60.8 Å². The molecule has 0 aliphatic heterocycles. The molecular formula is C68H122O6. The third kappa shape index (κ3) is 60.0. The summed E-state index contributed by atoms with van der Waals surface area (Å²) < 4.78 is 16.9. The van der Waals surface area contributed by atoms with Crippen molar-refractivity contribution < 1.29 is 28.6 Å². The number of hydrogen-bond donors (Lipinski definition) is 0. The van der Waals surface area contributed by atoms with E-state index in [2.05, 4.69) is 81.5 Å². The van der Waals surface area contributed by atoms with E-state index in [9.17, 15) is 14.4 Å². The maximum atomic E-state index is 12.9. The second-order valence-corrected chi connectivity index (χ2v) is 21.6. The zero-order valence-electron chi connectivity index (χ0n) is 49.4. The summed E-state index contributed by atoms with van der Waals surface area (Å²) in [4.78, 5) is 38.2. The van der Waals surface area contributed by atoms with Crippen LogP contribution < -0.4 is 0 Å². The summed E-state index contributed by atoms with van der Waals surface area (Å²) in [6.07, 6.45) is 79.5. The van der Waals surface area contributed by atoms with Crippen LogP contribution in [0, 0.1) is 0 Å². The van der Waals surface area contributed by atoms with Crippen molar-refractivity contribution in [1.29, 1.82) is 0 Å². The number of ether oxygens (including phenoxy) is 3. The lowest BCUT2D eigenvalue weighted by Crippen LogP contribution is -2.30. The van der Waals surface area contributed by atoms with E-state index < -0.39 is 6.10 Å². The van der Waals surface area contributed by atoms with Gasteiger partial charge in [0.1, 0.15) is 13.2 Å². The summed E-state index contributed by atoms with van der Waals surface area (Å²) in [5.41, 5.74) is 0. The fourth-order valence-corrected chi connectivity index (χ4v) is 9.42. The van der Waals surface area contributed by atoms with Crippen molar-refractivity contribution >= 4 is 17.9 Å². The first-order chi connectivity index (χ1) is 36.5. The lowest BCUT2D eigenvalue weighted by Gasteiger charge is -2.18. The fraction of sp³-hybridized carbons (Fsp3) is 0.809. The highest BCUT2D eigenvalue weighted by molar-refractivity contribution is 5.71. The summed E-state index contributed by atoms with van der Waals surface area (Å²) in [7, 11) is 0. The van der Waals surface area contributed by atoms with Gasteiger partial charge in [0.05, 0.1) is 0 Å². The molecule has 1 unspecified atom stereocenters. The average molecular weight is 1040 g/mol. The Bertz CT molecular complexity index is 1330. The molecule has 0 aliphatic carbocycles. The van der Waals surface area contributed by atoms with Gasteiger partial charge in [0.2, 0.25) is 0 Å². The summed E-state index contributed by atoms with van der Waals surface area (Å²) in [5, 5.41) is 0. The fourth-order valence-electron chi connectivity index (χ4n) is 9.42. The molecule has 6 heteroatoms. The minimum Gasteiger partial charge on any atom is -0.462 e. The van der Waals surface area contributed by atoms with Crippen LogP contribution in [0.5, 0.6) is 0 Å². The van der Waals surface area contributed by atoms with E-state index in [0.717, 1.165) is 89.9 Å². The molecule has 0 N–H and O–H groups in total. The van der Waals surface area contributed by atoms with Crippen molar-refractivity contribution in [2.45, 2.75) is 341 Å². The van der Waals surface area contributed by atoms with Crippen LogP contribution in [0.4, 0.5) is 0 Å². The highest BCUT2D eigenvalue weighted by Gasteiger charge is 2.19. The van der Waals surface area contributed by atoms with E-state index >= 15 is 0 Å².